The summed E-state index contributed by atoms with van der Waals surface area (Å²) in [6, 6.07) is -0.248. The lowest BCUT2D eigenvalue weighted by Crippen LogP contribution is -2.76. The molecule has 0 bridgehead atoms. The van der Waals surface area contributed by atoms with Gasteiger partial charge in [-0.2, -0.15) is 87.8 Å². The molecule has 4 N–H and O–H groups in total. The van der Waals surface area contributed by atoms with Crippen molar-refractivity contribution in [1.82, 2.24) is 0 Å². The monoisotopic (exact) mass is 852 g/mol. The first-order valence-corrected chi connectivity index (χ1v) is 16.7. The number of rotatable bonds is 19. The van der Waals surface area contributed by atoms with Crippen molar-refractivity contribution in [2.45, 2.75) is 138 Å². The third kappa shape index (κ3) is 6.99. The van der Waals surface area contributed by atoms with Gasteiger partial charge in [0, 0.05) is 22.5 Å². The van der Waals surface area contributed by atoms with E-state index in [1.165, 1.54) is 13.8 Å². The maximum atomic E-state index is 15.1. The fourth-order valence-electron chi connectivity index (χ4n) is 5.59. The van der Waals surface area contributed by atoms with Crippen LogP contribution >= 0.6 is 0 Å². The van der Waals surface area contributed by atoms with Gasteiger partial charge in [-0.15, -0.1) is 0 Å². The fourth-order valence-corrected chi connectivity index (χ4v) is 5.59. The smallest absolute Gasteiger partial charge is 0.385 e. The molecule has 0 aliphatic rings. The third-order valence-corrected chi connectivity index (χ3v) is 9.34. The van der Waals surface area contributed by atoms with Crippen LogP contribution in [0.3, 0.4) is 0 Å². The van der Waals surface area contributed by atoms with Gasteiger partial charge < -0.3 is 11.5 Å². The normalized spacial score (nSPS) is 14.8. The number of aryl methyl sites for hydroxylation is 4. The number of nitrogen functional groups attached to an aromatic ring is 2. The highest BCUT2D eigenvalue weighted by Crippen LogP contribution is 2.67. The molecule has 0 heterocycles. The SMILES string of the molecule is CCCCc1cc(C(F)(F)C(F)(F)C(F)(F)C(F)(F)C(F)(F)C(F)(F)C(F)(F)C(F)(F)C(F)(F)C(F)(F)c2cc(CC)c(N)c(CCCC)c2)cc(CC)c1N. The molecular formula is C34H36F20N2. The van der Waals surface area contributed by atoms with Crippen molar-refractivity contribution >= 4 is 11.4 Å². The Morgan fingerprint density at radius 2 is 0.571 bits per heavy atom. The molecule has 322 valence electrons. The Hall–Kier alpha value is -3.36. The molecule has 0 saturated carbocycles. The predicted octanol–water partition coefficient (Wildman–Crippen LogP) is 12.6. The predicted molar refractivity (Wildman–Crippen MR) is 165 cm³/mol. The summed E-state index contributed by atoms with van der Waals surface area (Å²) in [6.07, 6.45) is -0.959. The molecule has 0 aliphatic carbocycles. The topological polar surface area (TPSA) is 52.0 Å². The van der Waals surface area contributed by atoms with Gasteiger partial charge in [-0.1, -0.05) is 40.5 Å². The van der Waals surface area contributed by atoms with E-state index < -0.39 is 117 Å². The summed E-state index contributed by atoms with van der Waals surface area (Å²) in [5.74, 6) is -83.1. The van der Waals surface area contributed by atoms with E-state index in [2.05, 4.69) is 0 Å². The first kappa shape index (κ1) is 48.8. The summed E-state index contributed by atoms with van der Waals surface area (Å²) < 4.78 is 297. The minimum Gasteiger partial charge on any atom is -0.398 e. The Morgan fingerprint density at radius 1 is 0.357 bits per heavy atom. The summed E-state index contributed by atoms with van der Waals surface area (Å²) in [5, 5.41) is 0. The van der Waals surface area contributed by atoms with Gasteiger partial charge in [0.25, 0.3) is 0 Å². The van der Waals surface area contributed by atoms with Crippen LogP contribution in [0, 0.1) is 0 Å². The fraction of sp³-hybridized carbons (Fsp3) is 0.647. The van der Waals surface area contributed by atoms with Gasteiger partial charge in [-0.05, 0) is 85.0 Å². The Bertz CT molecular complexity index is 1580. The van der Waals surface area contributed by atoms with E-state index in [-0.39, 0.29) is 62.8 Å². The second kappa shape index (κ2) is 15.4. The van der Waals surface area contributed by atoms with E-state index >= 15 is 17.6 Å². The van der Waals surface area contributed by atoms with Crippen LogP contribution in [-0.2, 0) is 37.5 Å². The third-order valence-electron chi connectivity index (χ3n) is 9.34. The number of alkyl halides is 20. The first-order chi connectivity index (χ1) is 25.0. The first-order valence-electron chi connectivity index (χ1n) is 16.7. The summed E-state index contributed by atoms with van der Waals surface area (Å²) in [4.78, 5) is 0. The van der Waals surface area contributed by atoms with Gasteiger partial charge in [0.05, 0.1) is 0 Å². The number of hydrogen-bond donors (Lipinski definition) is 2. The average Bonchev–Trinajstić information content (AvgIpc) is 3.09. The minimum atomic E-state index is -9.12. The van der Waals surface area contributed by atoms with Crippen LogP contribution < -0.4 is 11.5 Å². The highest BCUT2D eigenvalue weighted by atomic mass is 19.4. The van der Waals surface area contributed by atoms with Crippen molar-refractivity contribution in [3.8, 4) is 0 Å². The van der Waals surface area contributed by atoms with Crippen molar-refractivity contribution in [2.75, 3.05) is 11.5 Å². The summed E-state index contributed by atoms with van der Waals surface area (Å²) >= 11 is 0. The van der Waals surface area contributed by atoms with Crippen LogP contribution in [0.15, 0.2) is 24.3 Å². The molecule has 0 aromatic heterocycles. The second-order valence-corrected chi connectivity index (χ2v) is 13.1. The molecule has 22 heteroatoms. The molecule has 0 fully saturated rings. The van der Waals surface area contributed by atoms with Gasteiger partial charge in [0.1, 0.15) is 0 Å². The second-order valence-electron chi connectivity index (χ2n) is 13.1. The number of unbranched alkanes of at least 4 members (excludes halogenated alkanes) is 2. The maximum Gasteiger partial charge on any atom is 0.385 e. The summed E-state index contributed by atoms with van der Waals surface area (Å²) in [7, 11) is 0. The Labute approximate surface area is 307 Å². The zero-order chi connectivity index (χ0) is 44.1. The molecule has 56 heavy (non-hydrogen) atoms. The standard InChI is InChI=1S/C34H36F20N2/c1-5-9-11-19-15-21(13-17(7-3)23(19)55)25(35,36)27(39,40)29(43,44)31(47,48)33(51,52)34(53,54)32(49,50)30(45,46)28(41,42)26(37,38)22-14-18(8-4)24(56)20(16-22)12-10-6-2/h13-16H,5-12,55-56H2,1-4H3. The lowest BCUT2D eigenvalue weighted by atomic mass is 9.83. The molecule has 2 aromatic rings. The van der Waals surface area contributed by atoms with Crippen LogP contribution in [-0.4, -0.2) is 47.4 Å². The van der Waals surface area contributed by atoms with Gasteiger partial charge in [-0.25, -0.2) is 0 Å². The van der Waals surface area contributed by atoms with Crippen molar-refractivity contribution < 1.29 is 87.8 Å². The van der Waals surface area contributed by atoms with Gasteiger partial charge >= 0.3 is 59.2 Å². The van der Waals surface area contributed by atoms with Crippen molar-refractivity contribution in [2.24, 2.45) is 0 Å². The number of hydrogen-bond acceptors (Lipinski definition) is 2. The van der Waals surface area contributed by atoms with Gasteiger partial charge in [0.15, 0.2) is 0 Å². The van der Waals surface area contributed by atoms with Crippen LogP contribution in [0.2, 0.25) is 0 Å². The van der Waals surface area contributed by atoms with E-state index in [9.17, 15) is 70.2 Å². The highest BCUT2D eigenvalue weighted by Gasteiger charge is 2.97. The molecule has 0 spiro atoms. The zero-order valence-electron chi connectivity index (χ0n) is 29.7. The molecule has 2 nitrogen and oxygen atoms in total. The number of nitrogens with two attached hydrogens (primary N) is 2. The number of halogens is 20. The lowest BCUT2D eigenvalue weighted by Gasteiger charge is -2.45. The molecule has 0 atom stereocenters. The van der Waals surface area contributed by atoms with E-state index in [1.54, 1.807) is 0 Å². The average molecular weight is 853 g/mol. The van der Waals surface area contributed by atoms with Crippen molar-refractivity contribution in [1.29, 1.82) is 0 Å². The summed E-state index contributed by atoms with van der Waals surface area (Å²) in [6.45, 7) is 5.30. The van der Waals surface area contributed by atoms with E-state index in [0.29, 0.717) is 0 Å². The molecule has 0 saturated heterocycles. The van der Waals surface area contributed by atoms with Crippen molar-refractivity contribution in [3.05, 3.63) is 57.6 Å². The molecule has 0 aliphatic heterocycles. The number of anilines is 2. The summed E-state index contributed by atoms with van der Waals surface area (Å²) in [5.41, 5.74) is 3.87. The van der Waals surface area contributed by atoms with E-state index in [4.69, 9.17) is 11.5 Å². The minimum absolute atomic E-state index is 0.0483. The van der Waals surface area contributed by atoms with Crippen LogP contribution in [0.5, 0.6) is 0 Å². The lowest BCUT2D eigenvalue weighted by molar-refractivity contribution is -0.470. The Kier molecular flexibility index (Phi) is 13.4. The Balaban J connectivity index is 2.79. The van der Waals surface area contributed by atoms with Crippen LogP contribution in [0.4, 0.5) is 99.2 Å². The maximum absolute atomic E-state index is 15.1. The van der Waals surface area contributed by atoms with Gasteiger partial charge in [-0.3, -0.25) is 0 Å². The van der Waals surface area contributed by atoms with Gasteiger partial charge in [0.2, 0.25) is 0 Å². The Morgan fingerprint density at radius 3 is 0.786 bits per heavy atom. The zero-order valence-corrected chi connectivity index (χ0v) is 29.7. The molecule has 2 rings (SSSR count). The molecular weight excluding hydrogens is 816 g/mol. The van der Waals surface area contributed by atoms with E-state index in [1.807, 2.05) is 0 Å². The molecule has 2 aromatic carbocycles. The quantitative estimate of drug-likeness (QED) is 0.109. The molecule has 0 unspecified atom stereocenters. The number of benzene rings is 2. The highest BCUT2D eigenvalue weighted by molar-refractivity contribution is 5.58. The van der Waals surface area contributed by atoms with Crippen molar-refractivity contribution in [3.63, 3.8) is 0 Å². The molecule has 0 amide bonds. The van der Waals surface area contributed by atoms with E-state index in [0.717, 1.165) is 13.8 Å². The van der Waals surface area contributed by atoms with Crippen LogP contribution in [0.25, 0.3) is 0 Å². The van der Waals surface area contributed by atoms with Crippen LogP contribution in [0.1, 0.15) is 86.8 Å². The largest absolute Gasteiger partial charge is 0.398 e. The molecule has 0 radical (unpaired) electrons.